The van der Waals surface area contributed by atoms with Crippen LogP contribution in [0.5, 0.6) is 0 Å². The number of nitrogens with one attached hydrogen (secondary N) is 1. The highest BCUT2D eigenvalue weighted by molar-refractivity contribution is 5.88. The maximum Gasteiger partial charge on any atom is 0.335 e. The first-order valence-corrected chi connectivity index (χ1v) is 6.84. The molecule has 0 amide bonds. The molecular weight excluding hydrogens is 245 g/mol. The Morgan fingerprint density at radius 2 is 2.16 bits per heavy atom. The summed E-state index contributed by atoms with van der Waals surface area (Å²) in [6.07, 6.45) is 4.96. The number of anilines is 1. The van der Waals surface area contributed by atoms with E-state index < -0.39 is 11.8 Å². The van der Waals surface area contributed by atoms with Crippen molar-refractivity contribution >= 4 is 11.7 Å². The van der Waals surface area contributed by atoms with Crippen LogP contribution >= 0.6 is 0 Å². The van der Waals surface area contributed by atoms with Crippen molar-refractivity contribution in [2.45, 2.75) is 32.6 Å². The van der Waals surface area contributed by atoms with Crippen molar-refractivity contribution < 1.29 is 14.3 Å². The first-order valence-electron chi connectivity index (χ1n) is 6.84. The molecule has 2 unspecified atom stereocenters. The number of hydrogen-bond acceptors (Lipinski definition) is 2. The average Bonchev–Trinajstić information content (AvgIpc) is 2.39. The topological polar surface area (TPSA) is 49.3 Å². The third-order valence-electron chi connectivity index (χ3n) is 4.06. The molecule has 2 atom stereocenters. The van der Waals surface area contributed by atoms with E-state index in [4.69, 9.17) is 5.11 Å². The minimum atomic E-state index is -1.11. The van der Waals surface area contributed by atoms with Gasteiger partial charge in [0.2, 0.25) is 0 Å². The summed E-state index contributed by atoms with van der Waals surface area (Å²) in [4.78, 5) is 10.7. The van der Waals surface area contributed by atoms with Crippen LogP contribution in [0.2, 0.25) is 0 Å². The van der Waals surface area contributed by atoms with Crippen LogP contribution in [0.15, 0.2) is 18.2 Å². The molecule has 2 N–H and O–H groups in total. The van der Waals surface area contributed by atoms with Gasteiger partial charge >= 0.3 is 5.97 Å². The Kier molecular flexibility index (Phi) is 4.40. The van der Waals surface area contributed by atoms with E-state index in [1.165, 1.54) is 37.8 Å². The summed E-state index contributed by atoms with van der Waals surface area (Å²) in [6, 6.07) is 4.00. The standard InChI is InChI=1S/C15H20FNO2/c1-10-4-2-3-5-12(10)9-17-14-7-6-11(15(18)19)8-13(14)16/h6-8,10,12,17H,2-5,9H2,1H3,(H,18,19). The van der Waals surface area contributed by atoms with Crippen LogP contribution in [0, 0.1) is 17.7 Å². The van der Waals surface area contributed by atoms with Gasteiger partial charge in [-0.25, -0.2) is 9.18 Å². The highest BCUT2D eigenvalue weighted by Crippen LogP contribution is 2.30. The van der Waals surface area contributed by atoms with Crippen molar-refractivity contribution in [3.63, 3.8) is 0 Å². The maximum atomic E-state index is 13.7. The third-order valence-corrected chi connectivity index (χ3v) is 4.06. The number of carbonyl (C=O) groups is 1. The van der Waals surface area contributed by atoms with Crippen LogP contribution in [0.3, 0.4) is 0 Å². The molecule has 4 heteroatoms. The van der Waals surface area contributed by atoms with Gasteiger partial charge in [0.15, 0.2) is 0 Å². The van der Waals surface area contributed by atoms with Gasteiger partial charge in [-0.05, 0) is 36.5 Å². The van der Waals surface area contributed by atoms with Crippen molar-refractivity contribution in [1.29, 1.82) is 0 Å². The molecule has 1 aromatic carbocycles. The second-order valence-corrected chi connectivity index (χ2v) is 5.40. The second-order valence-electron chi connectivity index (χ2n) is 5.40. The van der Waals surface area contributed by atoms with Gasteiger partial charge in [0.25, 0.3) is 0 Å². The molecule has 1 saturated carbocycles. The van der Waals surface area contributed by atoms with Crippen LogP contribution in [0.4, 0.5) is 10.1 Å². The Morgan fingerprint density at radius 3 is 2.79 bits per heavy atom. The van der Waals surface area contributed by atoms with Crippen molar-refractivity contribution in [2.75, 3.05) is 11.9 Å². The van der Waals surface area contributed by atoms with Gasteiger partial charge in [-0.3, -0.25) is 0 Å². The van der Waals surface area contributed by atoms with Gasteiger partial charge < -0.3 is 10.4 Å². The van der Waals surface area contributed by atoms with Crippen LogP contribution in [0.25, 0.3) is 0 Å². The molecule has 1 fully saturated rings. The van der Waals surface area contributed by atoms with Gasteiger partial charge in [-0.2, -0.15) is 0 Å². The number of aromatic carboxylic acids is 1. The van der Waals surface area contributed by atoms with Crippen LogP contribution < -0.4 is 5.32 Å². The molecule has 104 valence electrons. The molecule has 0 heterocycles. The molecule has 3 nitrogen and oxygen atoms in total. The van der Waals surface area contributed by atoms with Crippen molar-refractivity contribution in [3.05, 3.63) is 29.6 Å². The molecular formula is C15H20FNO2. The van der Waals surface area contributed by atoms with Crippen molar-refractivity contribution in [1.82, 2.24) is 0 Å². The van der Waals surface area contributed by atoms with E-state index in [1.54, 1.807) is 0 Å². The zero-order valence-electron chi connectivity index (χ0n) is 11.2. The minimum Gasteiger partial charge on any atom is -0.478 e. The van der Waals surface area contributed by atoms with Gasteiger partial charge in [-0.1, -0.05) is 26.2 Å². The summed E-state index contributed by atoms with van der Waals surface area (Å²) in [5, 5.41) is 11.9. The highest BCUT2D eigenvalue weighted by Gasteiger charge is 2.21. The molecule has 0 radical (unpaired) electrons. The van der Waals surface area contributed by atoms with Gasteiger partial charge in [0, 0.05) is 6.54 Å². The van der Waals surface area contributed by atoms with Crippen LogP contribution in [0.1, 0.15) is 43.0 Å². The third kappa shape index (κ3) is 3.46. The fraction of sp³-hybridized carbons (Fsp3) is 0.533. The molecule has 2 rings (SSSR count). The van der Waals surface area contributed by atoms with Gasteiger partial charge in [0.05, 0.1) is 11.3 Å². The Morgan fingerprint density at radius 1 is 1.42 bits per heavy atom. The average molecular weight is 265 g/mol. The Bertz CT molecular complexity index is 461. The molecule has 0 aliphatic heterocycles. The monoisotopic (exact) mass is 265 g/mol. The molecule has 0 spiro atoms. The van der Waals surface area contributed by atoms with Gasteiger partial charge in [-0.15, -0.1) is 0 Å². The van der Waals surface area contributed by atoms with Crippen LogP contribution in [-0.2, 0) is 0 Å². The lowest BCUT2D eigenvalue weighted by atomic mass is 9.80. The number of carboxylic acids is 1. The summed E-state index contributed by atoms with van der Waals surface area (Å²) in [6.45, 7) is 3.00. The first kappa shape index (κ1) is 13.8. The molecule has 0 aromatic heterocycles. The van der Waals surface area contributed by atoms with E-state index in [1.807, 2.05) is 0 Å². The molecule has 1 aromatic rings. The lowest BCUT2D eigenvalue weighted by Crippen LogP contribution is -2.24. The van der Waals surface area contributed by atoms with E-state index in [9.17, 15) is 9.18 Å². The summed E-state index contributed by atoms with van der Waals surface area (Å²) in [5.74, 6) is -0.357. The SMILES string of the molecule is CC1CCCCC1CNc1ccc(C(=O)O)cc1F. The second kappa shape index (κ2) is 6.04. The van der Waals surface area contributed by atoms with Gasteiger partial charge in [0.1, 0.15) is 5.82 Å². The smallest absolute Gasteiger partial charge is 0.335 e. The summed E-state index contributed by atoms with van der Waals surface area (Å²) in [5.41, 5.74) is 0.372. The van der Waals surface area contributed by atoms with Crippen LogP contribution in [-0.4, -0.2) is 17.6 Å². The Labute approximate surface area is 112 Å². The lowest BCUT2D eigenvalue weighted by Gasteiger charge is -2.29. The predicted octanol–water partition coefficient (Wildman–Crippen LogP) is 3.76. The normalized spacial score (nSPS) is 23.1. The predicted molar refractivity (Wildman–Crippen MR) is 73.0 cm³/mol. The highest BCUT2D eigenvalue weighted by atomic mass is 19.1. The largest absolute Gasteiger partial charge is 0.478 e. The Balaban J connectivity index is 1.97. The molecule has 19 heavy (non-hydrogen) atoms. The van der Waals surface area contributed by atoms with E-state index >= 15 is 0 Å². The van der Waals surface area contributed by atoms with Crippen molar-refractivity contribution in [3.8, 4) is 0 Å². The molecule has 0 saturated heterocycles. The maximum absolute atomic E-state index is 13.7. The number of rotatable bonds is 4. The fourth-order valence-electron chi connectivity index (χ4n) is 2.73. The zero-order valence-corrected chi connectivity index (χ0v) is 11.2. The molecule has 1 aliphatic rings. The van der Waals surface area contributed by atoms with E-state index in [0.29, 0.717) is 17.5 Å². The quantitative estimate of drug-likeness (QED) is 0.871. The summed E-state index contributed by atoms with van der Waals surface area (Å²) < 4.78 is 13.7. The fourth-order valence-corrected chi connectivity index (χ4v) is 2.73. The minimum absolute atomic E-state index is 0.0194. The first-order chi connectivity index (χ1) is 9.08. The number of halogens is 1. The summed E-state index contributed by atoms with van der Waals surface area (Å²) in [7, 11) is 0. The van der Waals surface area contributed by atoms with Crippen molar-refractivity contribution in [2.24, 2.45) is 11.8 Å². The lowest BCUT2D eigenvalue weighted by molar-refractivity contribution is 0.0696. The van der Waals surface area contributed by atoms with E-state index in [0.717, 1.165) is 12.6 Å². The molecule has 1 aliphatic carbocycles. The van der Waals surface area contributed by atoms with E-state index in [2.05, 4.69) is 12.2 Å². The number of benzene rings is 1. The Hall–Kier alpha value is -1.58. The molecule has 0 bridgehead atoms. The number of hydrogen-bond donors (Lipinski definition) is 2. The zero-order chi connectivity index (χ0) is 13.8. The van der Waals surface area contributed by atoms with E-state index in [-0.39, 0.29) is 5.56 Å². The number of carboxylic acid groups (broad SMARTS) is 1. The summed E-state index contributed by atoms with van der Waals surface area (Å²) >= 11 is 0.